The monoisotopic (exact) mass is 329 g/mol. The number of hydrogen-bond donors (Lipinski definition) is 1. The van der Waals surface area contributed by atoms with E-state index < -0.39 is 0 Å². The third kappa shape index (κ3) is 3.79. The van der Waals surface area contributed by atoms with Crippen molar-refractivity contribution in [2.45, 2.75) is 6.61 Å². The van der Waals surface area contributed by atoms with Crippen LogP contribution in [0.5, 0.6) is 5.75 Å². The lowest BCUT2D eigenvalue weighted by atomic mass is 10.2. The van der Waals surface area contributed by atoms with Gasteiger partial charge in [0.15, 0.2) is 0 Å². The lowest BCUT2D eigenvalue weighted by Crippen LogP contribution is -1.99. The van der Waals surface area contributed by atoms with E-state index >= 15 is 0 Å². The molecule has 0 amide bonds. The van der Waals surface area contributed by atoms with Crippen LogP contribution in [0.4, 0.5) is 0 Å². The van der Waals surface area contributed by atoms with E-state index in [-0.39, 0.29) is 6.61 Å². The van der Waals surface area contributed by atoms with Crippen molar-refractivity contribution in [1.29, 1.82) is 0 Å². The maximum Gasteiger partial charge on any atom is 0.147 e. The summed E-state index contributed by atoms with van der Waals surface area (Å²) in [6, 6.07) is 10.5. The maximum atomic E-state index is 8.66. The van der Waals surface area contributed by atoms with Gasteiger partial charge < -0.3 is 9.94 Å². The summed E-state index contributed by atoms with van der Waals surface area (Å²) in [5.74, 6) is 0.397. The number of oxime groups is 1. The van der Waals surface area contributed by atoms with Crippen LogP contribution in [0, 0.1) is 0 Å². The van der Waals surface area contributed by atoms with Crippen molar-refractivity contribution in [3.63, 3.8) is 0 Å². The molecule has 0 saturated carbocycles. The van der Waals surface area contributed by atoms with Crippen molar-refractivity contribution >= 4 is 41.0 Å². The van der Waals surface area contributed by atoms with E-state index in [4.69, 9.17) is 44.7 Å². The van der Waals surface area contributed by atoms with Crippen LogP contribution in [0.3, 0.4) is 0 Å². The molecular weight excluding hydrogens is 321 g/mol. The molecule has 2 aromatic carbocycles. The predicted molar refractivity (Wildman–Crippen MR) is 81.6 cm³/mol. The molecule has 1 N–H and O–H groups in total. The Kier molecular flexibility index (Phi) is 5.12. The molecule has 2 aromatic rings. The molecule has 0 heterocycles. The minimum Gasteiger partial charge on any atom is -0.487 e. The van der Waals surface area contributed by atoms with E-state index in [1.165, 1.54) is 6.21 Å². The summed E-state index contributed by atoms with van der Waals surface area (Å²) in [5, 5.41) is 13.0. The SMILES string of the molecule is O/N=C\c1cc(Cl)cc(Cl)c1OCc1cccc(Cl)c1. The fourth-order valence-electron chi connectivity index (χ4n) is 1.67. The van der Waals surface area contributed by atoms with Crippen LogP contribution in [0.2, 0.25) is 15.1 Å². The number of halogens is 3. The van der Waals surface area contributed by atoms with Gasteiger partial charge in [-0.05, 0) is 29.8 Å². The van der Waals surface area contributed by atoms with E-state index in [2.05, 4.69) is 5.16 Å². The Labute approximate surface area is 131 Å². The molecule has 0 saturated heterocycles. The van der Waals surface area contributed by atoms with Crippen molar-refractivity contribution in [2.75, 3.05) is 0 Å². The third-order valence-corrected chi connectivity index (χ3v) is 3.24. The molecular formula is C14H10Cl3NO2. The van der Waals surface area contributed by atoms with Gasteiger partial charge in [-0.3, -0.25) is 0 Å². The highest BCUT2D eigenvalue weighted by atomic mass is 35.5. The van der Waals surface area contributed by atoms with Gasteiger partial charge in [0.2, 0.25) is 0 Å². The van der Waals surface area contributed by atoms with E-state index in [0.29, 0.717) is 26.4 Å². The summed E-state index contributed by atoms with van der Waals surface area (Å²) in [5.41, 5.74) is 1.39. The number of benzene rings is 2. The molecule has 20 heavy (non-hydrogen) atoms. The summed E-state index contributed by atoms with van der Waals surface area (Å²) >= 11 is 17.9. The maximum absolute atomic E-state index is 8.66. The van der Waals surface area contributed by atoms with Crippen molar-refractivity contribution in [3.05, 3.63) is 62.6 Å². The van der Waals surface area contributed by atoms with E-state index in [0.717, 1.165) is 5.56 Å². The average Bonchev–Trinajstić information content (AvgIpc) is 2.38. The minimum atomic E-state index is 0.286. The van der Waals surface area contributed by atoms with E-state index in [1.54, 1.807) is 24.3 Å². The predicted octanol–water partition coefficient (Wildman–Crippen LogP) is 5.03. The zero-order valence-electron chi connectivity index (χ0n) is 10.2. The van der Waals surface area contributed by atoms with Crippen molar-refractivity contribution in [1.82, 2.24) is 0 Å². The fraction of sp³-hybridized carbons (Fsp3) is 0.0714. The van der Waals surface area contributed by atoms with Gasteiger partial charge in [-0.2, -0.15) is 0 Å². The lowest BCUT2D eigenvalue weighted by molar-refractivity contribution is 0.304. The van der Waals surface area contributed by atoms with Gasteiger partial charge in [-0.1, -0.05) is 52.1 Å². The molecule has 104 valence electrons. The number of rotatable bonds is 4. The van der Waals surface area contributed by atoms with Gasteiger partial charge >= 0.3 is 0 Å². The van der Waals surface area contributed by atoms with Gasteiger partial charge in [-0.25, -0.2) is 0 Å². The highest BCUT2D eigenvalue weighted by Gasteiger charge is 2.10. The smallest absolute Gasteiger partial charge is 0.147 e. The number of ether oxygens (including phenoxy) is 1. The summed E-state index contributed by atoms with van der Waals surface area (Å²) in [4.78, 5) is 0. The Bertz CT molecular complexity index is 644. The Balaban J connectivity index is 2.24. The van der Waals surface area contributed by atoms with Crippen LogP contribution in [0.25, 0.3) is 0 Å². The second-order valence-electron chi connectivity index (χ2n) is 3.97. The Morgan fingerprint density at radius 1 is 1.10 bits per heavy atom. The highest BCUT2D eigenvalue weighted by molar-refractivity contribution is 6.36. The number of nitrogens with zero attached hydrogens (tertiary/aromatic N) is 1. The van der Waals surface area contributed by atoms with Gasteiger partial charge in [0.05, 0.1) is 11.2 Å². The van der Waals surface area contributed by atoms with E-state index in [1.807, 2.05) is 12.1 Å². The van der Waals surface area contributed by atoms with Crippen LogP contribution in [-0.4, -0.2) is 11.4 Å². The second-order valence-corrected chi connectivity index (χ2v) is 5.25. The van der Waals surface area contributed by atoms with Crippen LogP contribution in [0.15, 0.2) is 41.6 Å². The molecule has 0 atom stereocenters. The molecule has 3 nitrogen and oxygen atoms in total. The molecule has 0 spiro atoms. The first kappa shape index (κ1) is 15.0. The fourth-order valence-corrected chi connectivity index (χ4v) is 2.45. The zero-order valence-corrected chi connectivity index (χ0v) is 12.5. The molecule has 0 aliphatic heterocycles. The standard InChI is InChI=1S/C14H10Cl3NO2/c15-11-3-1-2-9(4-11)8-20-14-10(7-18-19)5-12(16)6-13(14)17/h1-7,19H,8H2/b18-7-. The molecule has 0 fully saturated rings. The quantitative estimate of drug-likeness (QED) is 0.485. The number of hydrogen-bond acceptors (Lipinski definition) is 3. The van der Waals surface area contributed by atoms with Crippen LogP contribution in [-0.2, 0) is 6.61 Å². The first-order valence-electron chi connectivity index (χ1n) is 5.64. The molecule has 0 radical (unpaired) electrons. The van der Waals surface area contributed by atoms with Crippen molar-refractivity contribution < 1.29 is 9.94 Å². The Morgan fingerprint density at radius 2 is 1.90 bits per heavy atom. The Morgan fingerprint density at radius 3 is 2.60 bits per heavy atom. The molecule has 2 rings (SSSR count). The van der Waals surface area contributed by atoms with Gasteiger partial charge in [0, 0.05) is 15.6 Å². The molecule has 6 heteroatoms. The average molecular weight is 331 g/mol. The summed E-state index contributed by atoms with van der Waals surface area (Å²) in [6.07, 6.45) is 1.21. The van der Waals surface area contributed by atoms with Crippen molar-refractivity contribution in [2.24, 2.45) is 5.16 Å². The van der Waals surface area contributed by atoms with Crippen LogP contribution in [0.1, 0.15) is 11.1 Å². The first-order chi connectivity index (χ1) is 9.60. The highest BCUT2D eigenvalue weighted by Crippen LogP contribution is 2.32. The van der Waals surface area contributed by atoms with Crippen LogP contribution >= 0.6 is 34.8 Å². The normalized spacial score (nSPS) is 10.9. The van der Waals surface area contributed by atoms with Gasteiger partial charge in [-0.15, -0.1) is 0 Å². The first-order valence-corrected chi connectivity index (χ1v) is 6.77. The third-order valence-electron chi connectivity index (χ3n) is 2.51. The van der Waals surface area contributed by atoms with Crippen LogP contribution < -0.4 is 4.74 Å². The van der Waals surface area contributed by atoms with Gasteiger partial charge in [0.1, 0.15) is 12.4 Å². The largest absolute Gasteiger partial charge is 0.487 e. The molecule has 0 aliphatic rings. The Hall–Kier alpha value is -1.42. The van der Waals surface area contributed by atoms with Crippen molar-refractivity contribution in [3.8, 4) is 5.75 Å². The van der Waals surface area contributed by atoms with Gasteiger partial charge in [0.25, 0.3) is 0 Å². The molecule has 0 unspecified atom stereocenters. The minimum absolute atomic E-state index is 0.286. The second kappa shape index (κ2) is 6.84. The summed E-state index contributed by atoms with van der Waals surface area (Å²) in [6.45, 7) is 0.286. The topological polar surface area (TPSA) is 41.8 Å². The zero-order chi connectivity index (χ0) is 14.5. The summed E-state index contributed by atoms with van der Waals surface area (Å²) < 4.78 is 5.66. The molecule has 0 bridgehead atoms. The lowest BCUT2D eigenvalue weighted by Gasteiger charge is -2.11. The summed E-state index contributed by atoms with van der Waals surface area (Å²) in [7, 11) is 0. The molecule has 0 aromatic heterocycles. The molecule has 0 aliphatic carbocycles. The van der Waals surface area contributed by atoms with E-state index in [9.17, 15) is 0 Å².